The van der Waals surface area contributed by atoms with E-state index in [1.54, 1.807) is 6.92 Å². The Morgan fingerprint density at radius 2 is 1.94 bits per heavy atom. The fourth-order valence-corrected chi connectivity index (χ4v) is 2.93. The van der Waals surface area contributed by atoms with E-state index in [9.17, 15) is 9.59 Å². The zero-order valence-electron chi connectivity index (χ0n) is 10.3. The van der Waals surface area contributed by atoms with Crippen LogP contribution < -0.4 is 5.32 Å². The number of nitrogens with one attached hydrogen (secondary N) is 1. The Hall–Kier alpha value is -1.06. The lowest BCUT2D eigenvalue weighted by molar-refractivity contribution is -0.150. The first kappa shape index (κ1) is 11.1. The molecular weight excluding hydrogens is 216 g/mol. The summed E-state index contributed by atoms with van der Waals surface area (Å²) in [4.78, 5) is 26.1. The molecule has 2 atom stereocenters. The standard InChI is InChI=1S/C13H20N2O2/c1-8-13(17)15(7-9-3-2-4-9)11(10-5-6-10)12(16)14-8/h8-11H,2-7H2,1H3,(H,14,16). The van der Waals surface area contributed by atoms with E-state index in [2.05, 4.69) is 5.32 Å². The Balaban J connectivity index is 1.76. The highest BCUT2D eigenvalue weighted by atomic mass is 16.2. The number of hydrogen-bond donors (Lipinski definition) is 1. The Morgan fingerprint density at radius 3 is 2.47 bits per heavy atom. The van der Waals surface area contributed by atoms with Crippen molar-refractivity contribution in [3.63, 3.8) is 0 Å². The van der Waals surface area contributed by atoms with Gasteiger partial charge in [0.05, 0.1) is 0 Å². The highest BCUT2D eigenvalue weighted by Crippen LogP contribution is 2.38. The van der Waals surface area contributed by atoms with Crippen molar-refractivity contribution in [3.05, 3.63) is 0 Å². The van der Waals surface area contributed by atoms with Gasteiger partial charge in [0.25, 0.3) is 0 Å². The molecule has 1 aliphatic heterocycles. The van der Waals surface area contributed by atoms with Crippen LogP contribution in [0.3, 0.4) is 0 Å². The smallest absolute Gasteiger partial charge is 0.245 e. The summed E-state index contributed by atoms with van der Waals surface area (Å²) >= 11 is 0. The molecule has 17 heavy (non-hydrogen) atoms. The summed E-state index contributed by atoms with van der Waals surface area (Å²) in [6, 6.07) is -0.503. The van der Waals surface area contributed by atoms with Gasteiger partial charge in [-0.15, -0.1) is 0 Å². The van der Waals surface area contributed by atoms with Crippen LogP contribution in [0.2, 0.25) is 0 Å². The van der Waals surface area contributed by atoms with E-state index < -0.39 is 0 Å². The number of nitrogens with zero attached hydrogens (tertiary/aromatic N) is 1. The van der Waals surface area contributed by atoms with Gasteiger partial charge in [-0.25, -0.2) is 0 Å². The van der Waals surface area contributed by atoms with Gasteiger partial charge in [-0.05, 0) is 44.4 Å². The molecule has 1 saturated heterocycles. The first-order chi connectivity index (χ1) is 8.16. The molecule has 0 aromatic carbocycles. The lowest BCUT2D eigenvalue weighted by Crippen LogP contribution is -2.64. The lowest BCUT2D eigenvalue weighted by atomic mass is 9.84. The molecule has 2 unspecified atom stereocenters. The molecule has 3 aliphatic rings. The molecule has 0 aromatic heterocycles. The van der Waals surface area contributed by atoms with Crippen LogP contribution >= 0.6 is 0 Å². The first-order valence-corrected chi connectivity index (χ1v) is 6.77. The van der Waals surface area contributed by atoms with Crippen LogP contribution in [-0.4, -0.2) is 35.3 Å². The zero-order valence-corrected chi connectivity index (χ0v) is 10.3. The van der Waals surface area contributed by atoms with Crippen molar-refractivity contribution < 1.29 is 9.59 Å². The lowest BCUT2D eigenvalue weighted by Gasteiger charge is -2.41. The van der Waals surface area contributed by atoms with Crippen LogP contribution in [-0.2, 0) is 9.59 Å². The minimum atomic E-state index is -0.336. The van der Waals surface area contributed by atoms with Crippen LogP contribution in [0.4, 0.5) is 0 Å². The Labute approximate surface area is 102 Å². The van der Waals surface area contributed by atoms with Crippen molar-refractivity contribution in [2.24, 2.45) is 11.8 Å². The predicted molar refractivity (Wildman–Crippen MR) is 63.2 cm³/mol. The van der Waals surface area contributed by atoms with Crippen molar-refractivity contribution in [1.82, 2.24) is 10.2 Å². The van der Waals surface area contributed by atoms with Crippen LogP contribution in [0.15, 0.2) is 0 Å². The average molecular weight is 236 g/mol. The van der Waals surface area contributed by atoms with Crippen LogP contribution in [0.5, 0.6) is 0 Å². The molecule has 1 N–H and O–H groups in total. The molecule has 1 heterocycles. The Bertz CT molecular complexity index is 347. The summed E-state index contributed by atoms with van der Waals surface area (Å²) < 4.78 is 0. The molecule has 3 fully saturated rings. The van der Waals surface area contributed by atoms with Crippen molar-refractivity contribution in [2.45, 2.75) is 51.1 Å². The summed E-state index contributed by atoms with van der Waals surface area (Å²) in [5.74, 6) is 1.25. The summed E-state index contributed by atoms with van der Waals surface area (Å²) in [7, 11) is 0. The largest absolute Gasteiger partial charge is 0.343 e. The van der Waals surface area contributed by atoms with Crippen LogP contribution in [0.1, 0.15) is 39.0 Å². The maximum Gasteiger partial charge on any atom is 0.245 e. The van der Waals surface area contributed by atoms with E-state index in [1.165, 1.54) is 19.3 Å². The van der Waals surface area contributed by atoms with Crippen LogP contribution in [0.25, 0.3) is 0 Å². The highest BCUT2D eigenvalue weighted by Gasteiger charge is 2.47. The van der Waals surface area contributed by atoms with Crippen molar-refractivity contribution >= 4 is 11.8 Å². The van der Waals surface area contributed by atoms with Crippen molar-refractivity contribution in [1.29, 1.82) is 0 Å². The second kappa shape index (κ2) is 4.00. The Morgan fingerprint density at radius 1 is 1.24 bits per heavy atom. The number of hydrogen-bond acceptors (Lipinski definition) is 2. The van der Waals surface area contributed by atoms with Gasteiger partial charge in [0.15, 0.2) is 0 Å². The molecule has 2 amide bonds. The third-order valence-electron chi connectivity index (χ3n) is 4.36. The van der Waals surface area contributed by atoms with Crippen molar-refractivity contribution in [3.8, 4) is 0 Å². The molecule has 2 aliphatic carbocycles. The average Bonchev–Trinajstić information content (AvgIpc) is 3.02. The summed E-state index contributed by atoms with van der Waals surface area (Å²) in [6.07, 6.45) is 5.92. The molecule has 0 bridgehead atoms. The maximum atomic E-state index is 12.2. The zero-order chi connectivity index (χ0) is 12.0. The van der Waals surface area contributed by atoms with Gasteiger partial charge in [0, 0.05) is 6.54 Å². The normalized spacial score (nSPS) is 34.5. The molecule has 94 valence electrons. The predicted octanol–water partition coefficient (Wildman–Crippen LogP) is 0.912. The SMILES string of the molecule is CC1NC(=O)C(C2CC2)N(CC2CCC2)C1=O. The van der Waals surface area contributed by atoms with Gasteiger partial charge in [0.1, 0.15) is 12.1 Å². The highest BCUT2D eigenvalue weighted by molar-refractivity contribution is 5.97. The molecule has 4 nitrogen and oxygen atoms in total. The van der Waals surface area contributed by atoms with Gasteiger partial charge in [-0.3, -0.25) is 9.59 Å². The summed E-state index contributed by atoms with van der Waals surface area (Å²) in [5.41, 5.74) is 0. The van der Waals surface area contributed by atoms with E-state index in [0.29, 0.717) is 11.8 Å². The summed E-state index contributed by atoms with van der Waals surface area (Å²) in [6.45, 7) is 2.59. The first-order valence-electron chi connectivity index (χ1n) is 6.77. The number of piperazine rings is 1. The molecule has 3 rings (SSSR count). The quantitative estimate of drug-likeness (QED) is 0.792. The number of rotatable bonds is 3. The molecule has 0 spiro atoms. The maximum absolute atomic E-state index is 12.2. The van der Waals surface area contributed by atoms with Crippen molar-refractivity contribution in [2.75, 3.05) is 6.54 Å². The molecule has 0 radical (unpaired) electrons. The van der Waals surface area contributed by atoms with Crippen LogP contribution in [0, 0.1) is 11.8 Å². The molecular formula is C13H20N2O2. The molecule has 0 aromatic rings. The molecule has 4 heteroatoms. The second-order valence-electron chi connectivity index (χ2n) is 5.80. The topological polar surface area (TPSA) is 49.4 Å². The number of amides is 2. The third kappa shape index (κ3) is 1.94. The van der Waals surface area contributed by atoms with E-state index in [1.807, 2.05) is 4.90 Å². The fraction of sp³-hybridized carbons (Fsp3) is 0.846. The van der Waals surface area contributed by atoms with E-state index in [0.717, 1.165) is 19.4 Å². The van der Waals surface area contributed by atoms with Gasteiger partial charge in [-0.1, -0.05) is 6.42 Å². The van der Waals surface area contributed by atoms with Gasteiger partial charge in [-0.2, -0.15) is 0 Å². The summed E-state index contributed by atoms with van der Waals surface area (Å²) in [5, 5.41) is 2.81. The second-order valence-corrected chi connectivity index (χ2v) is 5.80. The van der Waals surface area contributed by atoms with Gasteiger partial charge < -0.3 is 10.2 Å². The van der Waals surface area contributed by atoms with Gasteiger partial charge >= 0.3 is 0 Å². The monoisotopic (exact) mass is 236 g/mol. The third-order valence-corrected chi connectivity index (χ3v) is 4.36. The van der Waals surface area contributed by atoms with Gasteiger partial charge in [0.2, 0.25) is 11.8 Å². The number of carbonyl (C=O) groups is 2. The van der Waals surface area contributed by atoms with E-state index in [4.69, 9.17) is 0 Å². The van der Waals surface area contributed by atoms with E-state index >= 15 is 0 Å². The number of carbonyl (C=O) groups excluding carboxylic acids is 2. The Kier molecular flexibility index (Phi) is 2.60. The van der Waals surface area contributed by atoms with E-state index in [-0.39, 0.29) is 23.9 Å². The minimum absolute atomic E-state index is 0.0684. The fourth-order valence-electron chi connectivity index (χ4n) is 2.93. The molecule has 2 saturated carbocycles. The minimum Gasteiger partial charge on any atom is -0.343 e.